The van der Waals surface area contributed by atoms with E-state index in [1.165, 1.54) is 17.0 Å². The molecular formula is C28H28F4N2O. The summed E-state index contributed by atoms with van der Waals surface area (Å²) in [6.07, 6.45) is -2.70. The number of nitrogens with zero attached hydrogens (tertiary/aromatic N) is 2. The normalized spacial score (nSPS) is 22.1. The van der Waals surface area contributed by atoms with Gasteiger partial charge in [0.15, 0.2) is 0 Å². The van der Waals surface area contributed by atoms with Crippen molar-refractivity contribution in [1.29, 1.82) is 0 Å². The number of alkyl halides is 3. The van der Waals surface area contributed by atoms with Gasteiger partial charge in [0.1, 0.15) is 5.82 Å². The van der Waals surface area contributed by atoms with Crippen LogP contribution < -0.4 is 0 Å². The Hall–Kier alpha value is -2.93. The number of amides is 1. The van der Waals surface area contributed by atoms with Crippen LogP contribution >= 0.6 is 0 Å². The van der Waals surface area contributed by atoms with E-state index in [9.17, 15) is 22.4 Å². The minimum Gasteiger partial charge on any atom is -0.338 e. The average molecular weight is 485 g/mol. The minimum absolute atomic E-state index is 0.101. The van der Waals surface area contributed by atoms with E-state index in [4.69, 9.17) is 0 Å². The molecule has 0 aliphatic carbocycles. The van der Waals surface area contributed by atoms with Crippen LogP contribution in [0.1, 0.15) is 34.7 Å². The summed E-state index contributed by atoms with van der Waals surface area (Å²) in [5, 5.41) is 1.65. The molecule has 3 aromatic carbocycles. The Labute approximate surface area is 202 Å². The molecule has 0 spiro atoms. The van der Waals surface area contributed by atoms with Crippen molar-refractivity contribution in [3.63, 3.8) is 0 Å². The number of hydrogen-bond donors (Lipinski definition) is 0. The molecule has 0 bridgehead atoms. The second-order valence-electron chi connectivity index (χ2n) is 9.77. The van der Waals surface area contributed by atoms with Gasteiger partial charge in [-0.3, -0.25) is 4.79 Å². The Morgan fingerprint density at radius 3 is 2.29 bits per heavy atom. The number of benzene rings is 3. The molecule has 2 fully saturated rings. The molecule has 184 valence electrons. The van der Waals surface area contributed by atoms with Gasteiger partial charge in [-0.1, -0.05) is 48.5 Å². The zero-order chi connectivity index (χ0) is 24.6. The number of piperidine rings is 1. The van der Waals surface area contributed by atoms with Crippen LogP contribution in [-0.2, 0) is 0 Å². The number of carbonyl (C=O) groups is 1. The molecule has 0 N–H and O–H groups in total. The average Bonchev–Trinajstić information content (AvgIpc) is 3.29. The topological polar surface area (TPSA) is 23.6 Å². The van der Waals surface area contributed by atoms with Crippen LogP contribution in [0.25, 0.3) is 10.8 Å². The summed E-state index contributed by atoms with van der Waals surface area (Å²) < 4.78 is 55.2. The summed E-state index contributed by atoms with van der Waals surface area (Å²) in [4.78, 5) is 16.8. The number of carbonyl (C=O) groups excluding carboxylic acids is 1. The molecule has 7 heteroatoms. The zero-order valence-corrected chi connectivity index (χ0v) is 19.3. The lowest BCUT2D eigenvalue weighted by molar-refractivity contribution is -0.181. The molecule has 0 aromatic heterocycles. The number of hydrogen-bond acceptors (Lipinski definition) is 2. The monoisotopic (exact) mass is 484 g/mol. The molecule has 3 aromatic rings. The molecule has 2 aliphatic rings. The van der Waals surface area contributed by atoms with Crippen molar-refractivity contribution in [2.24, 2.45) is 11.8 Å². The molecule has 1 unspecified atom stereocenters. The van der Waals surface area contributed by atoms with Crippen LogP contribution in [0.15, 0.2) is 66.7 Å². The summed E-state index contributed by atoms with van der Waals surface area (Å²) in [6, 6.07) is 19.3. The van der Waals surface area contributed by atoms with E-state index >= 15 is 0 Å². The molecular weight excluding hydrogens is 456 g/mol. The molecule has 35 heavy (non-hydrogen) atoms. The van der Waals surface area contributed by atoms with Gasteiger partial charge in [-0.25, -0.2) is 4.39 Å². The minimum atomic E-state index is -4.36. The van der Waals surface area contributed by atoms with Crippen molar-refractivity contribution in [2.45, 2.75) is 24.9 Å². The van der Waals surface area contributed by atoms with E-state index in [0.29, 0.717) is 31.1 Å². The Kier molecular flexibility index (Phi) is 6.53. The maximum Gasteiger partial charge on any atom is 0.393 e. The van der Waals surface area contributed by atoms with E-state index in [2.05, 4.69) is 4.90 Å². The summed E-state index contributed by atoms with van der Waals surface area (Å²) in [6.45, 7) is 1.51. The lowest BCUT2D eigenvalue weighted by Gasteiger charge is -2.35. The van der Waals surface area contributed by atoms with E-state index in [-0.39, 0.29) is 24.8 Å². The largest absolute Gasteiger partial charge is 0.393 e. The first-order valence-electron chi connectivity index (χ1n) is 12.1. The third-order valence-electron chi connectivity index (χ3n) is 7.59. The zero-order valence-electron chi connectivity index (χ0n) is 19.3. The fourth-order valence-corrected chi connectivity index (χ4v) is 5.69. The third kappa shape index (κ3) is 5.06. The number of likely N-dealkylation sites (tertiary alicyclic amines) is 2. The van der Waals surface area contributed by atoms with Crippen molar-refractivity contribution >= 4 is 16.7 Å². The van der Waals surface area contributed by atoms with Gasteiger partial charge >= 0.3 is 6.18 Å². The first kappa shape index (κ1) is 23.8. The molecule has 2 atom stereocenters. The Bertz CT molecular complexity index is 1180. The standard InChI is InChI=1S/C28H28F4N2O/c29-23-10-8-19(9-11-23)20-12-14-33(15-13-20)16-22-17-34(18-26(22)28(30,31)32)27(35)25-7-3-5-21-4-1-2-6-24(21)25/h1-11,20,22,26H,12-18H2/t22?,26-/m1/s1. The number of fused-ring (bicyclic) bond motifs is 1. The van der Waals surface area contributed by atoms with E-state index < -0.39 is 18.0 Å². The highest BCUT2D eigenvalue weighted by Crippen LogP contribution is 2.39. The van der Waals surface area contributed by atoms with Crippen LogP contribution in [0.3, 0.4) is 0 Å². The predicted octanol–water partition coefficient (Wildman–Crippen LogP) is 6.11. The maximum absolute atomic E-state index is 14.0. The van der Waals surface area contributed by atoms with Gasteiger partial charge in [0.25, 0.3) is 5.91 Å². The van der Waals surface area contributed by atoms with Gasteiger partial charge in [0, 0.05) is 31.1 Å². The molecule has 2 heterocycles. The van der Waals surface area contributed by atoms with E-state index in [1.54, 1.807) is 24.3 Å². The first-order chi connectivity index (χ1) is 16.8. The molecule has 3 nitrogen and oxygen atoms in total. The van der Waals surface area contributed by atoms with Gasteiger partial charge in [-0.05, 0) is 66.4 Å². The first-order valence-corrected chi connectivity index (χ1v) is 12.1. The van der Waals surface area contributed by atoms with Gasteiger partial charge in [0.05, 0.1) is 5.92 Å². The second kappa shape index (κ2) is 9.61. The molecule has 0 radical (unpaired) electrons. The lowest BCUT2D eigenvalue weighted by atomic mass is 9.88. The smallest absolute Gasteiger partial charge is 0.338 e. The summed E-state index contributed by atoms with van der Waals surface area (Å²) in [5.74, 6) is -2.51. The van der Waals surface area contributed by atoms with Crippen molar-refractivity contribution in [3.05, 3.63) is 83.7 Å². The second-order valence-corrected chi connectivity index (χ2v) is 9.77. The van der Waals surface area contributed by atoms with Gasteiger partial charge in [-0.2, -0.15) is 13.2 Å². The molecule has 2 aliphatic heterocycles. The predicted molar refractivity (Wildman–Crippen MR) is 128 cm³/mol. The van der Waals surface area contributed by atoms with Gasteiger partial charge in [0.2, 0.25) is 0 Å². The SMILES string of the molecule is O=C(c1cccc2ccccc12)N1CC(CN2CCC(c3ccc(F)cc3)CC2)[C@H](C(F)(F)F)C1. The number of rotatable bonds is 4. The van der Waals surface area contributed by atoms with Gasteiger partial charge < -0.3 is 9.80 Å². The van der Waals surface area contributed by atoms with Crippen molar-refractivity contribution in [3.8, 4) is 0 Å². The fraction of sp³-hybridized carbons (Fsp3) is 0.393. The highest BCUT2D eigenvalue weighted by molar-refractivity contribution is 6.07. The van der Waals surface area contributed by atoms with Crippen molar-refractivity contribution < 1.29 is 22.4 Å². The molecule has 5 rings (SSSR count). The van der Waals surface area contributed by atoms with E-state index in [1.807, 2.05) is 30.3 Å². The highest BCUT2D eigenvalue weighted by atomic mass is 19.4. The molecule has 1 amide bonds. The maximum atomic E-state index is 14.0. The van der Waals surface area contributed by atoms with Gasteiger partial charge in [-0.15, -0.1) is 0 Å². The Morgan fingerprint density at radius 1 is 0.886 bits per heavy atom. The van der Waals surface area contributed by atoms with Crippen LogP contribution in [0.4, 0.5) is 17.6 Å². The third-order valence-corrected chi connectivity index (χ3v) is 7.59. The fourth-order valence-electron chi connectivity index (χ4n) is 5.69. The molecule has 0 saturated carbocycles. The van der Waals surface area contributed by atoms with Crippen LogP contribution in [0.2, 0.25) is 0 Å². The Morgan fingerprint density at radius 2 is 1.57 bits per heavy atom. The lowest BCUT2D eigenvalue weighted by Crippen LogP contribution is -2.41. The van der Waals surface area contributed by atoms with Crippen molar-refractivity contribution in [1.82, 2.24) is 9.80 Å². The Balaban J connectivity index is 1.27. The van der Waals surface area contributed by atoms with E-state index in [0.717, 1.165) is 29.2 Å². The van der Waals surface area contributed by atoms with Crippen LogP contribution in [-0.4, -0.2) is 54.6 Å². The van der Waals surface area contributed by atoms with Crippen LogP contribution in [0.5, 0.6) is 0 Å². The summed E-state index contributed by atoms with van der Waals surface area (Å²) in [7, 11) is 0. The highest BCUT2D eigenvalue weighted by Gasteiger charge is 2.51. The summed E-state index contributed by atoms with van der Waals surface area (Å²) >= 11 is 0. The summed E-state index contributed by atoms with van der Waals surface area (Å²) in [5.41, 5.74) is 1.52. The molecule has 2 saturated heterocycles. The quantitative estimate of drug-likeness (QED) is 0.417. The van der Waals surface area contributed by atoms with Crippen molar-refractivity contribution in [2.75, 3.05) is 32.7 Å². The number of halogens is 4. The van der Waals surface area contributed by atoms with Crippen LogP contribution in [0, 0.1) is 17.7 Å².